The molecule has 0 amide bonds. The van der Waals surface area contributed by atoms with Crippen LogP contribution in [0.5, 0.6) is 0 Å². The third kappa shape index (κ3) is 1.90. The molecule has 0 aliphatic carbocycles. The summed E-state index contributed by atoms with van der Waals surface area (Å²) < 4.78 is 6.35. The molecular weight excluding hydrogens is 236 g/mol. The minimum absolute atomic E-state index is 0.104. The summed E-state index contributed by atoms with van der Waals surface area (Å²) >= 11 is 1.68. The van der Waals surface area contributed by atoms with Gasteiger partial charge in [0, 0.05) is 12.7 Å². The summed E-state index contributed by atoms with van der Waals surface area (Å²) in [6.45, 7) is 2.17. The van der Waals surface area contributed by atoms with Gasteiger partial charge in [0.05, 0.1) is 41.1 Å². The van der Waals surface area contributed by atoms with Crippen molar-refractivity contribution in [3.8, 4) is 0 Å². The average molecular weight is 250 g/mol. The van der Waals surface area contributed by atoms with Crippen LogP contribution in [0.25, 0.3) is 10.2 Å². The quantitative estimate of drug-likeness (QED) is 0.867. The van der Waals surface area contributed by atoms with E-state index in [2.05, 4.69) is 10.3 Å². The van der Waals surface area contributed by atoms with E-state index in [4.69, 9.17) is 4.74 Å². The Morgan fingerprint density at radius 2 is 2.35 bits per heavy atom. The first-order valence-electron chi connectivity index (χ1n) is 5.58. The third-order valence-corrected chi connectivity index (χ3v) is 4.09. The third-order valence-electron chi connectivity index (χ3n) is 3.15. The number of thiophene rings is 1. The number of nitrogens with zero attached hydrogens (tertiary/aromatic N) is 1. The van der Waals surface area contributed by atoms with Crippen molar-refractivity contribution < 1.29 is 9.84 Å². The molecule has 0 radical (unpaired) electrons. The number of aliphatic hydroxyl groups is 1. The second-order valence-corrected chi connectivity index (χ2v) is 5.41. The van der Waals surface area contributed by atoms with E-state index in [9.17, 15) is 5.11 Å². The van der Waals surface area contributed by atoms with E-state index in [0.717, 1.165) is 17.7 Å². The molecule has 17 heavy (non-hydrogen) atoms. The van der Waals surface area contributed by atoms with Crippen molar-refractivity contribution in [2.45, 2.75) is 0 Å². The molecular formula is C12H14N2O2S. The van der Waals surface area contributed by atoms with E-state index >= 15 is 0 Å². The van der Waals surface area contributed by atoms with Crippen LogP contribution in [0.2, 0.25) is 0 Å². The molecule has 2 aromatic heterocycles. The van der Waals surface area contributed by atoms with Gasteiger partial charge in [-0.3, -0.25) is 4.98 Å². The maximum atomic E-state index is 9.36. The topological polar surface area (TPSA) is 54.4 Å². The number of aromatic nitrogens is 1. The Morgan fingerprint density at radius 3 is 3.06 bits per heavy atom. The molecule has 3 rings (SSSR count). The van der Waals surface area contributed by atoms with Gasteiger partial charge in [-0.2, -0.15) is 0 Å². The molecule has 90 valence electrons. The van der Waals surface area contributed by atoms with Gasteiger partial charge in [0.2, 0.25) is 0 Å². The van der Waals surface area contributed by atoms with Crippen LogP contribution in [0.3, 0.4) is 0 Å². The Morgan fingerprint density at radius 1 is 1.47 bits per heavy atom. The lowest BCUT2D eigenvalue weighted by molar-refractivity contribution is -0.128. The van der Waals surface area contributed by atoms with Gasteiger partial charge in [0.1, 0.15) is 0 Å². The summed E-state index contributed by atoms with van der Waals surface area (Å²) in [4.78, 5) is 4.30. The predicted molar refractivity (Wildman–Crippen MR) is 68.4 cm³/mol. The van der Waals surface area contributed by atoms with Gasteiger partial charge < -0.3 is 15.2 Å². The number of nitrogens with one attached hydrogen (secondary N) is 1. The van der Waals surface area contributed by atoms with Crippen molar-refractivity contribution in [2.24, 2.45) is 5.41 Å². The number of ether oxygens (including phenoxy) is 1. The second kappa shape index (κ2) is 4.25. The summed E-state index contributed by atoms with van der Waals surface area (Å²) in [6.07, 6.45) is 1.81. The number of hydrogen-bond acceptors (Lipinski definition) is 5. The molecule has 4 nitrogen and oxygen atoms in total. The summed E-state index contributed by atoms with van der Waals surface area (Å²) in [5, 5.41) is 14.8. The zero-order chi connectivity index (χ0) is 11.7. The summed E-state index contributed by atoms with van der Waals surface area (Å²) in [6, 6.07) is 3.99. The summed E-state index contributed by atoms with van der Waals surface area (Å²) in [5.74, 6) is 0. The first-order chi connectivity index (χ1) is 8.33. The van der Waals surface area contributed by atoms with E-state index in [-0.39, 0.29) is 12.0 Å². The Labute approximate surface area is 103 Å². The number of hydrogen-bond donors (Lipinski definition) is 2. The predicted octanol–water partition coefficient (Wildman–Crippen LogP) is 1.72. The van der Waals surface area contributed by atoms with E-state index in [0.29, 0.717) is 13.2 Å². The van der Waals surface area contributed by atoms with Gasteiger partial charge in [-0.15, -0.1) is 11.3 Å². The van der Waals surface area contributed by atoms with Gasteiger partial charge in [0.25, 0.3) is 0 Å². The van der Waals surface area contributed by atoms with Crippen LogP contribution in [-0.4, -0.2) is 36.5 Å². The Hall–Kier alpha value is -1.17. The Bertz CT molecular complexity index is 516. The number of pyridine rings is 1. The van der Waals surface area contributed by atoms with Crippen LogP contribution in [0.1, 0.15) is 0 Å². The zero-order valence-corrected chi connectivity index (χ0v) is 10.2. The van der Waals surface area contributed by atoms with Gasteiger partial charge in [-0.25, -0.2) is 0 Å². The Kier molecular flexibility index (Phi) is 2.74. The fraction of sp³-hybridized carbons (Fsp3) is 0.417. The van der Waals surface area contributed by atoms with Gasteiger partial charge in [-0.05, 0) is 17.5 Å². The minimum Gasteiger partial charge on any atom is -0.396 e. The van der Waals surface area contributed by atoms with Gasteiger partial charge in [-0.1, -0.05) is 0 Å². The van der Waals surface area contributed by atoms with Crippen LogP contribution in [0.15, 0.2) is 23.7 Å². The van der Waals surface area contributed by atoms with Gasteiger partial charge in [0.15, 0.2) is 0 Å². The maximum Gasteiger partial charge on any atom is 0.0830 e. The van der Waals surface area contributed by atoms with E-state index in [1.807, 2.05) is 17.5 Å². The highest BCUT2D eigenvalue weighted by Crippen LogP contribution is 2.30. The fourth-order valence-electron chi connectivity index (χ4n) is 1.94. The van der Waals surface area contributed by atoms with E-state index in [1.54, 1.807) is 17.5 Å². The normalized spacial score (nSPS) is 17.9. The molecule has 0 bridgehead atoms. The van der Waals surface area contributed by atoms with Crippen molar-refractivity contribution in [1.29, 1.82) is 0 Å². The molecule has 2 N–H and O–H groups in total. The van der Waals surface area contributed by atoms with Gasteiger partial charge >= 0.3 is 0 Å². The van der Waals surface area contributed by atoms with Crippen molar-refractivity contribution in [2.75, 3.05) is 31.7 Å². The smallest absolute Gasteiger partial charge is 0.0830 e. The molecule has 0 atom stereocenters. The highest BCUT2D eigenvalue weighted by molar-refractivity contribution is 7.17. The largest absolute Gasteiger partial charge is 0.396 e. The summed E-state index contributed by atoms with van der Waals surface area (Å²) in [7, 11) is 0. The number of anilines is 1. The number of fused-ring (bicyclic) bond motifs is 1. The molecule has 1 aliphatic heterocycles. The highest BCUT2D eigenvalue weighted by Gasteiger charge is 2.37. The number of aliphatic hydroxyl groups excluding tert-OH is 1. The lowest BCUT2D eigenvalue weighted by atomic mass is 9.87. The summed E-state index contributed by atoms with van der Waals surface area (Å²) in [5.41, 5.74) is 2.00. The fourth-order valence-corrected chi connectivity index (χ4v) is 2.78. The molecule has 1 fully saturated rings. The highest BCUT2D eigenvalue weighted by atomic mass is 32.1. The second-order valence-electron chi connectivity index (χ2n) is 4.50. The first-order valence-corrected chi connectivity index (χ1v) is 6.46. The molecule has 1 saturated heterocycles. The molecule has 0 saturated carbocycles. The molecule has 0 unspecified atom stereocenters. The lowest BCUT2D eigenvalue weighted by Gasteiger charge is -2.40. The van der Waals surface area contributed by atoms with E-state index in [1.165, 1.54) is 4.70 Å². The molecule has 2 aromatic rings. The monoisotopic (exact) mass is 250 g/mol. The molecule has 0 spiro atoms. The van der Waals surface area contributed by atoms with Crippen LogP contribution in [0, 0.1) is 5.41 Å². The zero-order valence-electron chi connectivity index (χ0n) is 9.35. The van der Waals surface area contributed by atoms with Crippen LogP contribution in [0.4, 0.5) is 5.69 Å². The first kappa shape index (κ1) is 11.0. The molecule has 5 heteroatoms. The Balaban J connectivity index is 1.78. The van der Waals surface area contributed by atoms with E-state index < -0.39 is 0 Å². The maximum absolute atomic E-state index is 9.36. The van der Waals surface area contributed by atoms with Crippen LogP contribution < -0.4 is 5.32 Å². The molecule has 1 aliphatic rings. The van der Waals surface area contributed by atoms with Crippen LogP contribution >= 0.6 is 11.3 Å². The SMILES string of the molecule is OCC1(CNc2ccnc3ccsc23)COC1. The number of rotatable bonds is 4. The van der Waals surface area contributed by atoms with Crippen molar-refractivity contribution >= 4 is 27.2 Å². The lowest BCUT2D eigenvalue weighted by Crippen LogP contribution is -2.50. The average Bonchev–Trinajstić information content (AvgIpc) is 2.77. The van der Waals surface area contributed by atoms with Crippen molar-refractivity contribution in [3.05, 3.63) is 23.7 Å². The standard InChI is InChI=1S/C12H14N2O2S/c15-6-12(7-16-8-12)5-14-9-1-3-13-10-2-4-17-11(9)10/h1-4,15H,5-8H2,(H,13,14). The van der Waals surface area contributed by atoms with Crippen molar-refractivity contribution in [3.63, 3.8) is 0 Å². The molecule has 3 heterocycles. The minimum atomic E-state index is -0.104. The molecule has 0 aromatic carbocycles. The van der Waals surface area contributed by atoms with Crippen LogP contribution in [-0.2, 0) is 4.74 Å². The van der Waals surface area contributed by atoms with Crippen molar-refractivity contribution in [1.82, 2.24) is 4.98 Å².